The van der Waals surface area contributed by atoms with Gasteiger partial charge in [-0.15, -0.1) is 11.3 Å². The molecule has 0 unspecified atom stereocenters. The molecule has 3 nitrogen and oxygen atoms in total. The molecule has 118 valence electrons. The number of benzene rings is 2. The van der Waals surface area contributed by atoms with Crippen molar-refractivity contribution in [3.63, 3.8) is 0 Å². The Morgan fingerprint density at radius 1 is 1.17 bits per heavy atom. The molecule has 0 aliphatic rings. The van der Waals surface area contributed by atoms with Gasteiger partial charge in [0.25, 0.3) is 0 Å². The Morgan fingerprint density at radius 2 is 1.92 bits per heavy atom. The molecule has 4 heteroatoms. The van der Waals surface area contributed by atoms with Crippen molar-refractivity contribution >= 4 is 23.0 Å². The molecule has 0 aliphatic heterocycles. The zero-order chi connectivity index (χ0) is 16.8. The molecule has 24 heavy (non-hydrogen) atoms. The van der Waals surface area contributed by atoms with E-state index in [0.717, 1.165) is 27.6 Å². The second-order valence-corrected chi connectivity index (χ2v) is 6.13. The first-order chi connectivity index (χ1) is 11.8. The highest BCUT2D eigenvalue weighted by Crippen LogP contribution is 2.26. The van der Waals surface area contributed by atoms with Gasteiger partial charge in [0.15, 0.2) is 0 Å². The van der Waals surface area contributed by atoms with Crippen LogP contribution in [0.4, 0.5) is 0 Å². The third-order valence-corrected chi connectivity index (χ3v) is 4.42. The Hall–Kier alpha value is -2.90. The lowest BCUT2D eigenvalue weighted by Crippen LogP contribution is -1.96. The van der Waals surface area contributed by atoms with Gasteiger partial charge in [-0.05, 0) is 24.6 Å². The van der Waals surface area contributed by atoms with Crippen LogP contribution in [0.5, 0.6) is 5.75 Å². The van der Waals surface area contributed by atoms with E-state index in [0.29, 0.717) is 12.2 Å². The molecule has 3 aromatic rings. The van der Waals surface area contributed by atoms with E-state index >= 15 is 0 Å². The summed E-state index contributed by atoms with van der Waals surface area (Å²) in [7, 11) is 0. The highest BCUT2D eigenvalue weighted by atomic mass is 32.1. The zero-order valence-corrected chi connectivity index (χ0v) is 14.1. The topological polar surface area (TPSA) is 45.9 Å². The molecule has 0 saturated heterocycles. The molecule has 0 saturated carbocycles. The minimum Gasteiger partial charge on any atom is -0.488 e. The average molecular weight is 332 g/mol. The Morgan fingerprint density at radius 3 is 2.62 bits per heavy atom. The van der Waals surface area contributed by atoms with Gasteiger partial charge in [0.1, 0.15) is 23.4 Å². The molecule has 0 fully saturated rings. The van der Waals surface area contributed by atoms with Crippen LogP contribution >= 0.6 is 11.3 Å². The second kappa shape index (κ2) is 7.58. The number of ether oxygens (including phenoxy) is 1. The summed E-state index contributed by atoms with van der Waals surface area (Å²) in [6.45, 7) is 2.41. The van der Waals surface area contributed by atoms with Crippen LogP contribution in [0, 0.1) is 18.3 Å². The number of hydrogen-bond donors (Lipinski definition) is 0. The van der Waals surface area contributed by atoms with Crippen molar-refractivity contribution in [3.05, 3.63) is 81.8 Å². The highest BCUT2D eigenvalue weighted by Gasteiger charge is 2.08. The van der Waals surface area contributed by atoms with Gasteiger partial charge in [-0.1, -0.05) is 48.5 Å². The molecule has 0 atom stereocenters. The van der Waals surface area contributed by atoms with Crippen LogP contribution in [0.25, 0.3) is 11.6 Å². The Bertz CT molecular complexity index is 891. The summed E-state index contributed by atoms with van der Waals surface area (Å²) in [5.41, 5.74) is 3.44. The highest BCUT2D eigenvalue weighted by molar-refractivity contribution is 7.11. The first-order valence-electron chi connectivity index (χ1n) is 7.56. The maximum Gasteiger partial charge on any atom is 0.134 e. The fourth-order valence-corrected chi connectivity index (χ4v) is 3.00. The maximum atomic E-state index is 9.46. The van der Waals surface area contributed by atoms with Gasteiger partial charge in [0, 0.05) is 16.6 Å². The number of aromatic nitrogens is 1. The smallest absolute Gasteiger partial charge is 0.134 e. The Balaban J connectivity index is 1.86. The number of nitrogens with zero attached hydrogens (tertiary/aromatic N) is 2. The van der Waals surface area contributed by atoms with E-state index in [9.17, 15) is 5.26 Å². The van der Waals surface area contributed by atoms with Crippen LogP contribution in [-0.4, -0.2) is 4.98 Å². The number of allylic oxidation sites excluding steroid dienone is 1. The molecule has 1 heterocycles. The fraction of sp³-hybridized carbons (Fsp3) is 0.100. The van der Waals surface area contributed by atoms with Crippen molar-refractivity contribution in [2.75, 3.05) is 0 Å². The number of thiazole rings is 1. The number of rotatable bonds is 5. The fourth-order valence-electron chi connectivity index (χ4n) is 2.24. The minimum atomic E-state index is 0.490. The Labute approximate surface area is 145 Å². The number of aryl methyl sites for hydroxylation is 1. The quantitative estimate of drug-likeness (QED) is 0.611. The van der Waals surface area contributed by atoms with Gasteiger partial charge in [-0.3, -0.25) is 0 Å². The van der Waals surface area contributed by atoms with Crippen molar-refractivity contribution in [1.29, 1.82) is 5.26 Å². The largest absolute Gasteiger partial charge is 0.488 e. The van der Waals surface area contributed by atoms with Gasteiger partial charge in [-0.25, -0.2) is 4.98 Å². The van der Waals surface area contributed by atoms with E-state index in [4.69, 9.17) is 4.74 Å². The van der Waals surface area contributed by atoms with Crippen molar-refractivity contribution in [3.8, 4) is 11.8 Å². The van der Waals surface area contributed by atoms with Crippen LogP contribution in [0.3, 0.4) is 0 Å². The van der Waals surface area contributed by atoms with Gasteiger partial charge < -0.3 is 4.74 Å². The molecule has 0 bridgehead atoms. The predicted molar refractivity (Wildman–Crippen MR) is 97.6 cm³/mol. The zero-order valence-electron chi connectivity index (χ0n) is 13.3. The van der Waals surface area contributed by atoms with E-state index in [1.165, 1.54) is 11.3 Å². The van der Waals surface area contributed by atoms with E-state index in [1.54, 1.807) is 0 Å². The minimum absolute atomic E-state index is 0.490. The van der Waals surface area contributed by atoms with Crippen molar-refractivity contribution < 1.29 is 4.74 Å². The third kappa shape index (κ3) is 3.89. The molecule has 0 radical (unpaired) electrons. The van der Waals surface area contributed by atoms with E-state index in [-0.39, 0.29) is 0 Å². The molecule has 1 aromatic heterocycles. The number of para-hydroxylation sites is 1. The van der Waals surface area contributed by atoms with Crippen LogP contribution in [0.15, 0.2) is 60.0 Å². The van der Waals surface area contributed by atoms with Crippen LogP contribution in [0.1, 0.15) is 21.8 Å². The summed E-state index contributed by atoms with van der Waals surface area (Å²) in [4.78, 5) is 4.39. The van der Waals surface area contributed by atoms with Gasteiger partial charge >= 0.3 is 0 Å². The summed E-state index contributed by atoms with van der Waals surface area (Å²) in [6.07, 6.45) is 1.83. The van der Waals surface area contributed by atoms with Crippen LogP contribution < -0.4 is 4.74 Å². The first kappa shape index (κ1) is 16.0. The third-order valence-electron chi connectivity index (χ3n) is 3.43. The Kier molecular flexibility index (Phi) is 5.05. The lowest BCUT2D eigenvalue weighted by atomic mass is 10.1. The van der Waals surface area contributed by atoms with Gasteiger partial charge in [0.2, 0.25) is 0 Å². The molecule has 2 aromatic carbocycles. The van der Waals surface area contributed by atoms with Crippen molar-refractivity contribution in [1.82, 2.24) is 4.98 Å². The van der Waals surface area contributed by atoms with E-state index in [2.05, 4.69) is 11.1 Å². The lowest BCUT2D eigenvalue weighted by molar-refractivity contribution is 0.305. The molecular weight excluding hydrogens is 316 g/mol. The monoisotopic (exact) mass is 332 g/mol. The van der Waals surface area contributed by atoms with E-state index in [1.807, 2.05) is 73.0 Å². The van der Waals surface area contributed by atoms with Crippen LogP contribution in [-0.2, 0) is 6.61 Å². The van der Waals surface area contributed by atoms with Crippen molar-refractivity contribution in [2.24, 2.45) is 0 Å². The van der Waals surface area contributed by atoms with E-state index < -0.39 is 0 Å². The second-order valence-electron chi connectivity index (χ2n) is 5.28. The molecule has 0 aliphatic carbocycles. The molecular formula is C20H16N2OS. The normalized spacial score (nSPS) is 11.1. The molecule has 0 spiro atoms. The number of hydrogen-bond acceptors (Lipinski definition) is 4. The lowest BCUT2D eigenvalue weighted by Gasteiger charge is -2.09. The molecule has 0 amide bonds. The standard InChI is InChI=1S/C20H16N2OS/c1-15-14-24-20(22-15)18(12-21)11-17-9-5-6-10-19(17)23-13-16-7-3-2-4-8-16/h2-11,14H,13H2,1H3/b18-11+. The summed E-state index contributed by atoms with van der Waals surface area (Å²) < 4.78 is 5.94. The maximum absolute atomic E-state index is 9.46. The summed E-state index contributed by atoms with van der Waals surface area (Å²) in [6, 6.07) is 20.0. The average Bonchev–Trinajstić information content (AvgIpc) is 3.06. The summed E-state index contributed by atoms with van der Waals surface area (Å²) in [5, 5.41) is 12.1. The molecule has 3 rings (SSSR count). The van der Waals surface area contributed by atoms with Gasteiger partial charge in [-0.2, -0.15) is 5.26 Å². The summed E-state index contributed by atoms with van der Waals surface area (Å²) >= 11 is 1.47. The van der Waals surface area contributed by atoms with Crippen LogP contribution in [0.2, 0.25) is 0 Å². The van der Waals surface area contributed by atoms with Crippen molar-refractivity contribution in [2.45, 2.75) is 13.5 Å². The predicted octanol–water partition coefficient (Wildman–Crippen LogP) is 5.09. The SMILES string of the molecule is Cc1csc(/C(C#N)=C/c2ccccc2OCc2ccccc2)n1. The number of nitriles is 1. The van der Waals surface area contributed by atoms with Gasteiger partial charge in [0.05, 0.1) is 5.57 Å². The first-order valence-corrected chi connectivity index (χ1v) is 8.44. The molecule has 0 N–H and O–H groups in total. The summed E-state index contributed by atoms with van der Waals surface area (Å²) in [5.74, 6) is 0.752.